The molecule has 2 N–H and O–H groups in total. The first kappa shape index (κ1) is 15.6. The fourth-order valence-electron chi connectivity index (χ4n) is 3.54. The Bertz CT molecular complexity index is 438. The van der Waals surface area contributed by atoms with E-state index in [1.54, 1.807) is 0 Å². The van der Waals surface area contributed by atoms with Crippen LogP contribution in [0.2, 0.25) is 0 Å². The molecule has 1 heterocycles. The second-order valence-corrected chi connectivity index (χ2v) is 7.26. The Morgan fingerprint density at radius 3 is 2.65 bits per heavy atom. The largest absolute Gasteiger partial charge is 0.465 e. The molecule has 3 unspecified atom stereocenters. The van der Waals surface area contributed by atoms with E-state index in [4.69, 9.17) is 10.2 Å². The van der Waals surface area contributed by atoms with E-state index in [1.165, 1.54) is 6.42 Å². The Morgan fingerprint density at radius 1 is 1.35 bits per heavy atom. The summed E-state index contributed by atoms with van der Waals surface area (Å²) in [5.41, 5.74) is 6.56. The Balaban J connectivity index is 1.95. The van der Waals surface area contributed by atoms with Gasteiger partial charge in [0.1, 0.15) is 11.5 Å². The summed E-state index contributed by atoms with van der Waals surface area (Å²) in [4.78, 5) is 2.38. The minimum atomic E-state index is 0.311. The van der Waals surface area contributed by atoms with Crippen LogP contribution in [0.4, 0.5) is 0 Å². The maximum absolute atomic E-state index is 6.24. The van der Waals surface area contributed by atoms with Crippen LogP contribution in [0, 0.1) is 24.2 Å². The molecule has 1 saturated carbocycles. The maximum Gasteiger partial charge on any atom is 0.118 e. The van der Waals surface area contributed by atoms with Gasteiger partial charge in [0.15, 0.2) is 0 Å². The highest BCUT2D eigenvalue weighted by atomic mass is 16.3. The van der Waals surface area contributed by atoms with Gasteiger partial charge in [0.05, 0.1) is 6.54 Å². The number of nitrogens with two attached hydrogens (primary N) is 1. The van der Waals surface area contributed by atoms with Gasteiger partial charge in [0, 0.05) is 12.6 Å². The zero-order chi connectivity index (χ0) is 14.9. The number of hydrogen-bond donors (Lipinski definition) is 1. The molecule has 3 atom stereocenters. The van der Waals surface area contributed by atoms with Crippen molar-refractivity contribution in [3.8, 4) is 0 Å². The lowest BCUT2D eigenvalue weighted by Gasteiger charge is -2.48. The molecule has 0 bridgehead atoms. The molecule has 0 aliphatic heterocycles. The molecule has 3 nitrogen and oxygen atoms in total. The van der Waals surface area contributed by atoms with Gasteiger partial charge in [-0.15, -0.1) is 0 Å². The number of hydrogen-bond acceptors (Lipinski definition) is 3. The third kappa shape index (κ3) is 3.26. The lowest BCUT2D eigenvalue weighted by Crippen LogP contribution is -2.49. The van der Waals surface area contributed by atoms with Crippen molar-refractivity contribution >= 4 is 0 Å². The fraction of sp³-hybridized carbons (Fsp3) is 0.765. The van der Waals surface area contributed by atoms with E-state index >= 15 is 0 Å². The molecule has 1 aliphatic carbocycles. The van der Waals surface area contributed by atoms with Crippen LogP contribution in [0.25, 0.3) is 0 Å². The number of furan rings is 1. The van der Waals surface area contributed by atoms with Gasteiger partial charge >= 0.3 is 0 Å². The van der Waals surface area contributed by atoms with E-state index in [0.717, 1.165) is 31.0 Å². The summed E-state index contributed by atoms with van der Waals surface area (Å²) in [7, 11) is 2.19. The van der Waals surface area contributed by atoms with Gasteiger partial charge in [-0.1, -0.05) is 20.8 Å². The van der Waals surface area contributed by atoms with Crippen molar-refractivity contribution in [1.82, 2.24) is 4.90 Å². The number of aryl methyl sites for hydroxylation is 1. The van der Waals surface area contributed by atoms with Crippen molar-refractivity contribution in [1.29, 1.82) is 0 Å². The van der Waals surface area contributed by atoms with Gasteiger partial charge in [-0.2, -0.15) is 0 Å². The van der Waals surface area contributed by atoms with Crippen molar-refractivity contribution in [3.63, 3.8) is 0 Å². The quantitative estimate of drug-likeness (QED) is 0.917. The van der Waals surface area contributed by atoms with Crippen LogP contribution in [0.5, 0.6) is 0 Å². The van der Waals surface area contributed by atoms with E-state index in [9.17, 15) is 0 Å². The van der Waals surface area contributed by atoms with Crippen molar-refractivity contribution in [3.05, 3.63) is 23.7 Å². The normalized spacial score (nSPS) is 29.9. The molecule has 114 valence electrons. The Kier molecular flexibility index (Phi) is 4.60. The summed E-state index contributed by atoms with van der Waals surface area (Å²) >= 11 is 0. The lowest BCUT2D eigenvalue weighted by atomic mass is 9.61. The molecule has 0 saturated heterocycles. The second-order valence-electron chi connectivity index (χ2n) is 7.26. The highest BCUT2D eigenvalue weighted by Crippen LogP contribution is 2.44. The number of nitrogens with zero attached hydrogens (tertiary/aromatic N) is 1. The molecule has 20 heavy (non-hydrogen) atoms. The van der Waals surface area contributed by atoms with E-state index < -0.39 is 0 Å². The van der Waals surface area contributed by atoms with E-state index in [-0.39, 0.29) is 0 Å². The van der Waals surface area contributed by atoms with Crippen molar-refractivity contribution in [2.75, 3.05) is 13.6 Å². The zero-order valence-electron chi connectivity index (χ0n) is 13.6. The van der Waals surface area contributed by atoms with E-state index in [2.05, 4.69) is 38.8 Å². The first-order chi connectivity index (χ1) is 9.30. The maximum atomic E-state index is 6.24. The molecule has 0 spiro atoms. The third-order valence-corrected chi connectivity index (χ3v) is 5.47. The summed E-state index contributed by atoms with van der Waals surface area (Å²) in [6.45, 7) is 11.1. The predicted molar refractivity (Wildman–Crippen MR) is 83.4 cm³/mol. The molecule has 1 aromatic heterocycles. The Labute approximate surface area is 123 Å². The minimum Gasteiger partial charge on any atom is -0.465 e. The first-order valence-electron chi connectivity index (χ1n) is 7.80. The minimum absolute atomic E-state index is 0.311. The van der Waals surface area contributed by atoms with Crippen LogP contribution < -0.4 is 5.73 Å². The SMILES string of the molecule is Cc1ccc(CN(C)CC2CCC(N)C(C)C2(C)C)o1. The van der Waals surface area contributed by atoms with Crippen LogP contribution in [0.3, 0.4) is 0 Å². The molecule has 0 aromatic carbocycles. The molecular formula is C17H30N2O. The summed E-state index contributed by atoms with van der Waals surface area (Å²) in [5.74, 6) is 3.34. The fourth-order valence-corrected chi connectivity index (χ4v) is 3.54. The molecule has 1 fully saturated rings. The highest BCUT2D eigenvalue weighted by Gasteiger charge is 2.41. The Hall–Kier alpha value is -0.800. The molecule has 1 aromatic rings. The molecule has 2 rings (SSSR count). The van der Waals surface area contributed by atoms with Crippen molar-refractivity contribution in [2.45, 2.75) is 53.1 Å². The van der Waals surface area contributed by atoms with Gasteiger partial charge in [-0.3, -0.25) is 4.90 Å². The van der Waals surface area contributed by atoms with Gasteiger partial charge < -0.3 is 10.2 Å². The molecule has 0 amide bonds. The monoisotopic (exact) mass is 278 g/mol. The van der Waals surface area contributed by atoms with Crippen LogP contribution in [0.1, 0.15) is 45.1 Å². The smallest absolute Gasteiger partial charge is 0.118 e. The summed E-state index contributed by atoms with van der Waals surface area (Å²) in [6, 6.07) is 4.48. The van der Waals surface area contributed by atoms with Gasteiger partial charge in [0.2, 0.25) is 0 Å². The van der Waals surface area contributed by atoms with Gasteiger partial charge in [-0.25, -0.2) is 0 Å². The standard InChI is InChI=1S/C17H30N2O/c1-12-6-8-15(20-12)11-19(5)10-14-7-9-16(18)13(2)17(14,3)4/h6,8,13-14,16H,7,9-11,18H2,1-5H3. The summed E-state index contributed by atoms with van der Waals surface area (Å²) in [6.07, 6.45) is 2.39. The van der Waals surface area contributed by atoms with Gasteiger partial charge in [0.25, 0.3) is 0 Å². The lowest BCUT2D eigenvalue weighted by molar-refractivity contribution is 0.0313. The van der Waals surface area contributed by atoms with Gasteiger partial charge in [-0.05, 0) is 56.2 Å². The van der Waals surface area contributed by atoms with Crippen LogP contribution in [0.15, 0.2) is 16.5 Å². The topological polar surface area (TPSA) is 42.4 Å². The zero-order valence-corrected chi connectivity index (χ0v) is 13.6. The first-order valence-corrected chi connectivity index (χ1v) is 7.80. The average Bonchev–Trinajstić information content (AvgIpc) is 2.76. The molecule has 3 heteroatoms. The summed E-state index contributed by atoms with van der Waals surface area (Å²) in [5, 5.41) is 0. The van der Waals surface area contributed by atoms with E-state index in [0.29, 0.717) is 23.3 Å². The highest BCUT2D eigenvalue weighted by molar-refractivity contribution is 5.05. The van der Waals surface area contributed by atoms with Crippen molar-refractivity contribution < 1.29 is 4.42 Å². The molecular weight excluding hydrogens is 248 g/mol. The van der Waals surface area contributed by atoms with Crippen molar-refractivity contribution in [2.24, 2.45) is 23.0 Å². The van der Waals surface area contributed by atoms with Crippen LogP contribution >= 0.6 is 0 Å². The third-order valence-electron chi connectivity index (χ3n) is 5.47. The molecule has 0 radical (unpaired) electrons. The Morgan fingerprint density at radius 2 is 2.05 bits per heavy atom. The predicted octanol–water partition coefficient (Wildman–Crippen LogP) is 3.42. The van der Waals surface area contributed by atoms with Crippen LogP contribution in [-0.4, -0.2) is 24.5 Å². The number of rotatable bonds is 4. The molecule has 1 aliphatic rings. The van der Waals surface area contributed by atoms with E-state index in [1.807, 2.05) is 13.0 Å². The van der Waals surface area contributed by atoms with Crippen LogP contribution in [-0.2, 0) is 6.54 Å². The summed E-state index contributed by atoms with van der Waals surface area (Å²) < 4.78 is 5.67. The average molecular weight is 278 g/mol. The second kappa shape index (κ2) is 5.90.